The Hall–Kier alpha value is -3.22. The second kappa shape index (κ2) is 9.73. The van der Waals surface area contributed by atoms with Crippen LogP contribution in [0.25, 0.3) is 0 Å². The molecule has 0 aliphatic carbocycles. The molecule has 0 unspecified atom stereocenters. The number of amides is 1. The normalized spacial score (nSPS) is 16.3. The minimum Gasteiger partial charge on any atom is -0.497 e. The van der Waals surface area contributed by atoms with Crippen molar-refractivity contribution < 1.29 is 14.1 Å². The van der Waals surface area contributed by atoms with E-state index in [4.69, 9.17) is 14.2 Å². The summed E-state index contributed by atoms with van der Waals surface area (Å²) in [5.41, 5.74) is 3.41. The van der Waals surface area contributed by atoms with Crippen molar-refractivity contribution >= 4 is 5.91 Å². The number of hydrogen-bond acceptors (Lipinski definition) is 6. The van der Waals surface area contributed by atoms with Crippen molar-refractivity contribution in [3.8, 4) is 5.75 Å². The average Bonchev–Trinajstić information content (AvgIpc) is 3.23. The molecule has 2 aromatic heterocycles. The van der Waals surface area contributed by atoms with Gasteiger partial charge in [0.1, 0.15) is 5.75 Å². The zero-order valence-electron chi connectivity index (χ0n) is 18.1. The van der Waals surface area contributed by atoms with Crippen LogP contribution in [0.2, 0.25) is 0 Å². The van der Waals surface area contributed by atoms with E-state index in [9.17, 15) is 4.79 Å². The Morgan fingerprint density at radius 1 is 1.26 bits per heavy atom. The molecule has 31 heavy (non-hydrogen) atoms. The summed E-state index contributed by atoms with van der Waals surface area (Å²) in [5, 5.41) is 3.78. The third-order valence-corrected chi connectivity index (χ3v) is 5.70. The number of piperidine rings is 1. The molecule has 162 valence electrons. The van der Waals surface area contributed by atoms with E-state index < -0.39 is 0 Å². The lowest BCUT2D eigenvalue weighted by atomic mass is 9.93. The SMILES string of the molecule is COc1cccc(Cc2ccc([C@@H]3CCCN(C(=O)CCc4nc(C)no4)C3)nc2)c1. The quantitative estimate of drug-likeness (QED) is 0.580. The summed E-state index contributed by atoms with van der Waals surface area (Å²) in [4.78, 5) is 23.5. The summed E-state index contributed by atoms with van der Waals surface area (Å²) in [5.74, 6) is 2.39. The van der Waals surface area contributed by atoms with Gasteiger partial charge >= 0.3 is 0 Å². The van der Waals surface area contributed by atoms with Crippen molar-refractivity contribution in [2.45, 2.75) is 44.9 Å². The molecule has 1 aliphatic rings. The second-order valence-electron chi connectivity index (χ2n) is 8.03. The molecular weight excluding hydrogens is 392 g/mol. The highest BCUT2D eigenvalue weighted by Gasteiger charge is 2.25. The molecule has 7 heteroatoms. The van der Waals surface area contributed by atoms with Crippen molar-refractivity contribution in [2.75, 3.05) is 20.2 Å². The molecule has 4 rings (SSSR count). The number of carbonyl (C=O) groups is 1. The summed E-state index contributed by atoms with van der Waals surface area (Å²) in [6, 6.07) is 12.3. The molecule has 3 heterocycles. The molecule has 1 aliphatic heterocycles. The fourth-order valence-corrected chi connectivity index (χ4v) is 4.06. The van der Waals surface area contributed by atoms with E-state index in [2.05, 4.69) is 28.3 Å². The van der Waals surface area contributed by atoms with Crippen LogP contribution in [0.4, 0.5) is 0 Å². The topological polar surface area (TPSA) is 81.4 Å². The molecule has 7 nitrogen and oxygen atoms in total. The first-order chi connectivity index (χ1) is 15.1. The maximum atomic E-state index is 12.7. The Kier molecular flexibility index (Phi) is 6.60. The van der Waals surface area contributed by atoms with Crippen LogP contribution < -0.4 is 4.74 Å². The standard InChI is InChI=1S/C24H28N4O3/c1-17-26-23(31-27-17)10-11-24(29)28-12-4-6-20(16-28)22-9-8-19(15-25-22)13-18-5-3-7-21(14-18)30-2/h3,5,7-9,14-15,20H,4,6,10-13,16H2,1-2H3/t20-/m1/s1. The molecule has 1 amide bonds. The molecule has 0 N–H and O–H groups in total. The van der Waals surface area contributed by atoms with Crippen LogP contribution in [0.3, 0.4) is 0 Å². The van der Waals surface area contributed by atoms with Crippen molar-refractivity contribution in [1.82, 2.24) is 20.0 Å². The highest BCUT2D eigenvalue weighted by Crippen LogP contribution is 2.26. The fraction of sp³-hybridized carbons (Fsp3) is 0.417. The zero-order chi connectivity index (χ0) is 21.6. The van der Waals surface area contributed by atoms with Gasteiger partial charge in [-0.05, 0) is 55.5 Å². The van der Waals surface area contributed by atoms with Gasteiger partial charge in [0.25, 0.3) is 0 Å². The largest absolute Gasteiger partial charge is 0.497 e. The van der Waals surface area contributed by atoms with E-state index in [0.717, 1.165) is 42.8 Å². The molecule has 3 aromatic rings. The smallest absolute Gasteiger partial charge is 0.227 e. The van der Waals surface area contributed by atoms with Gasteiger partial charge in [0, 0.05) is 43.7 Å². The molecule has 1 aromatic carbocycles. The van der Waals surface area contributed by atoms with Crippen molar-refractivity contribution in [3.63, 3.8) is 0 Å². The number of aromatic nitrogens is 3. The van der Waals surface area contributed by atoms with Crippen LogP contribution in [-0.4, -0.2) is 46.1 Å². The minimum atomic E-state index is 0.134. The molecule has 1 fully saturated rings. The van der Waals surface area contributed by atoms with Gasteiger partial charge in [-0.15, -0.1) is 0 Å². The van der Waals surface area contributed by atoms with Gasteiger partial charge in [-0.3, -0.25) is 9.78 Å². The van der Waals surface area contributed by atoms with Gasteiger partial charge in [0.05, 0.1) is 7.11 Å². The lowest BCUT2D eigenvalue weighted by Crippen LogP contribution is -2.39. The van der Waals surface area contributed by atoms with Crippen LogP contribution >= 0.6 is 0 Å². The third-order valence-electron chi connectivity index (χ3n) is 5.70. The number of likely N-dealkylation sites (tertiary alicyclic amines) is 1. The Bertz CT molecular complexity index is 1020. The maximum absolute atomic E-state index is 12.7. The Morgan fingerprint density at radius 2 is 2.16 bits per heavy atom. The fourth-order valence-electron chi connectivity index (χ4n) is 4.06. The van der Waals surface area contributed by atoms with E-state index in [1.165, 1.54) is 5.56 Å². The highest BCUT2D eigenvalue weighted by atomic mass is 16.5. The van der Waals surface area contributed by atoms with Gasteiger partial charge < -0.3 is 14.2 Å². The van der Waals surface area contributed by atoms with Gasteiger partial charge in [0.15, 0.2) is 5.82 Å². The summed E-state index contributed by atoms with van der Waals surface area (Å²) in [6.07, 6.45) is 5.68. The number of benzene rings is 1. The monoisotopic (exact) mass is 420 g/mol. The average molecular weight is 421 g/mol. The number of ether oxygens (including phenoxy) is 1. The van der Waals surface area contributed by atoms with Crippen molar-refractivity contribution in [2.24, 2.45) is 0 Å². The number of carbonyl (C=O) groups excluding carboxylic acids is 1. The Labute approximate surface area is 182 Å². The number of rotatable bonds is 7. The molecule has 1 saturated heterocycles. The third kappa shape index (κ3) is 5.48. The number of nitrogens with zero attached hydrogens (tertiary/aromatic N) is 4. The number of hydrogen-bond donors (Lipinski definition) is 0. The zero-order valence-corrected chi connectivity index (χ0v) is 18.1. The van der Waals surface area contributed by atoms with Crippen LogP contribution in [0.15, 0.2) is 47.1 Å². The van der Waals surface area contributed by atoms with Crippen molar-refractivity contribution in [3.05, 3.63) is 71.1 Å². The molecule has 1 atom stereocenters. The summed E-state index contributed by atoms with van der Waals surface area (Å²) in [7, 11) is 1.68. The second-order valence-corrected chi connectivity index (χ2v) is 8.03. The first-order valence-electron chi connectivity index (χ1n) is 10.8. The van der Waals surface area contributed by atoms with Gasteiger partial charge in [0.2, 0.25) is 11.8 Å². The highest BCUT2D eigenvalue weighted by molar-refractivity contribution is 5.76. The van der Waals surface area contributed by atoms with Crippen LogP contribution in [0, 0.1) is 6.92 Å². The molecular formula is C24H28N4O3. The van der Waals surface area contributed by atoms with Gasteiger partial charge in [-0.1, -0.05) is 23.4 Å². The van der Waals surface area contributed by atoms with E-state index >= 15 is 0 Å². The van der Waals surface area contributed by atoms with Crippen molar-refractivity contribution in [1.29, 1.82) is 0 Å². The Morgan fingerprint density at radius 3 is 2.90 bits per heavy atom. The van der Waals surface area contributed by atoms with E-state index in [1.54, 1.807) is 14.0 Å². The van der Waals surface area contributed by atoms with Gasteiger partial charge in [-0.2, -0.15) is 4.98 Å². The minimum absolute atomic E-state index is 0.134. The number of methoxy groups -OCH3 is 1. The number of aryl methyl sites for hydroxylation is 2. The maximum Gasteiger partial charge on any atom is 0.227 e. The van der Waals surface area contributed by atoms with Crippen LogP contribution in [-0.2, 0) is 17.6 Å². The molecule has 0 saturated carbocycles. The first-order valence-corrected chi connectivity index (χ1v) is 10.8. The lowest BCUT2D eigenvalue weighted by Gasteiger charge is -2.32. The van der Waals surface area contributed by atoms with E-state index in [0.29, 0.717) is 31.1 Å². The van der Waals surface area contributed by atoms with E-state index in [1.807, 2.05) is 29.3 Å². The summed E-state index contributed by atoms with van der Waals surface area (Å²) < 4.78 is 10.4. The Balaban J connectivity index is 1.33. The molecule has 0 bridgehead atoms. The first kappa shape index (κ1) is 21.0. The van der Waals surface area contributed by atoms with Gasteiger partial charge in [-0.25, -0.2) is 0 Å². The predicted octanol–water partition coefficient (Wildman–Crippen LogP) is 3.71. The molecule has 0 radical (unpaired) electrons. The van der Waals surface area contributed by atoms with E-state index in [-0.39, 0.29) is 11.8 Å². The molecule has 0 spiro atoms. The summed E-state index contributed by atoms with van der Waals surface area (Å²) in [6.45, 7) is 3.29. The predicted molar refractivity (Wildman–Crippen MR) is 116 cm³/mol. The van der Waals surface area contributed by atoms with Crippen LogP contribution in [0.5, 0.6) is 5.75 Å². The lowest BCUT2D eigenvalue weighted by molar-refractivity contribution is -0.132. The van der Waals surface area contributed by atoms with Crippen LogP contribution in [0.1, 0.15) is 53.7 Å². The number of pyridine rings is 1. The summed E-state index contributed by atoms with van der Waals surface area (Å²) >= 11 is 0.